The van der Waals surface area contributed by atoms with Crippen LogP contribution in [0.5, 0.6) is 0 Å². The second kappa shape index (κ2) is 4.11. The molecule has 0 saturated heterocycles. The molecule has 1 rings (SSSR count). The van der Waals surface area contributed by atoms with Crippen LogP contribution < -0.4 is 0 Å². The fourth-order valence-corrected chi connectivity index (χ4v) is 0.824. The largest absolute Gasteiger partial charge is 0.345 e. The SMILES string of the molecule is CO[C](OC)c1[c]cccc1. The van der Waals surface area contributed by atoms with Crippen LogP contribution in [0.25, 0.3) is 0 Å². The van der Waals surface area contributed by atoms with Gasteiger partial charge < -0.3 is 9.47 Å². The lowest BCUT2D eigenvalue weighted by atomic mass is 10.2. The summed E-state index contributed by atoms with van der Waals surface area (Å²) in [6, 6.07) is 10.5. The molecule has 0 aliphatic heterocycles. The molecule has 0 heterocycles. The van der Waals surface area contributed by atoms with Crippen LogP contribution in [-0.4, -0.2) is 14.2 Å². The van der Waals surface area contributed by atoms with Crippen molar-refractivity contribution < 1.29 is 9.47 Å². The first kappa shape index (κ1) is 8.24. The van der Waals surface area contributed by atoms with Gasteiger partial charge in [-0.15, -0.1) is 0 Å². The van der Waals surface area contributed by atoms with Crippen LogP contribution in [0, 0.1) is 12.4 Å². The Morgan fingerprint density at radius 2 is 2.00 bits per heavy atom. The standard InChI is InChI=1S/C9H10O2/c1-10-9(11-2)8-6-4-3-5-7-8/h3-6H,1-2H3. The molecule has 1 aromatic rings. The summed E-state index contributed by atoms with van der Waals surface area (Å²) in [5, 5.41) is 0. The minimum atomic E-state index is 0.491. The smallest absolute Gasteiger partial charge is 0.256 e. The molecular weight excluding hydrogens is 140 g/mol. The van der Waals surface area contributed by atoms with Crippen LogP contribution >= 0.6 is 0 Å². The van der Waals surface area contributed by atoms with Crippen LogP contribution in [0.3, 0.4) is 0 Å². The van der Waals surface area contributed by atoms with E-state index in [-0.39, 0.29) is 0 Å². The monoisotopic (exact) mass is 150 g/mol. The number of methoxy groups -OCH3 is 2. The number of ether oxygens (including phenoxy) is 2. The molecule has 2 nitrogen and oxygen atoms in total. The van der Waals surface area contributed by atoms with Gasteiger partial charge >= 0.3 is 0 Å². The fourth-order valence-electron chi connectivity index (χ4n) is 0.824. The molecule has 0 bridgehead atoms. The van der Waals surface area contributed by atoms with E-state index in [4.69, 9.17) is 9.47 Å². The second-order valence-corrected chi connectivity index (χ2v) is 1.97. The maximum atomic E-state index is 4.95. The third kappa shape index (κ3) is 2.03. The van der Waals surface area contributed by atoms with Crippen molar-refractivity contribution >= 4 is 0 Å². The minimum Gasteiger partial charge on any atom is -0.345 e. The third-order valence-electron chi connectivity index (χ3n) is 1.30. The minimum absolute atomic E-state index is 0.491. The summed E-state index contributed by atoms with van der Waals surface area (Å²) < 4.78 is 9.90. The number of hydrogen-bond donors (Lipinski definition) is 0. The van der Waals surface area contributed by atoms with E-state index in [0.717, 1.165) is 5.56 Å². The van der Waals surface area contributed by atoms with Crippen molar-refractivity contribution in [1.29, 1.82) is 0 Å². The lowest BCUT2D eigenvalue weighted by Crippen LogP contribution is -2.04. The van der Waals surface area contributed by atoms with E-state index in [2.05, 4.69) is 6.07 Å². The number of benzene rings is 1. The highest BCUT2D eigenvalue weighted by Gasteiger charge is 2.09. The molecule has 0 aliphatic rings. The molecule has 1 aromatic carbocycles. The Balaban J connectivity index is 2.74. The van der Waals surface area contributed by atoms with Gasteiger partial charge in [-0.25, -0.2) is 0 Å². The van der Waals surface area contributed by atoms with Crippen molar-refractivity contribution in [2.75, 3.05) is 14.2 Å². The van der Waals surface area contributed by atoms with Crippen LogP contribution in [0.15, 0.2) is 24.3 Å². The average Bonchev–Trinajstić information content (AvgIpc) is 2.09. The van der Waals surface area contributed by atoms with Gasteiger partial charge in [0.15, 0.2) is 0 Å². The highest BCUT2D eigenvalue weighted by Crippen LogP contribution is 2.13. The van der Waals surface area contributed by atoms with E-state index >= 15 is 0 Å². The number of rotatable bonds is 3. The fraction of sp³-hybridized carbons (Fsp3) is 0.222. The van der Waals surface area contributed by atoms with Crippen LogP contribution in [0.1, 0.15) is 5.56 Å². The molecule has 0 spiro atoms. The molecule has 0 aliphatic carbocycles. The van der Waals surface area contributed by atoms with Crippen molar-refractivity contribution in [3.8, 4) is 0 Å². The van der Waals surface area contributed by atoms with Gasteiger partial charge in [0, 0.05) is 19.8 Å². The molecule has 0 aromatic heterocycles. The molecule has 0 amide bonds. The average molecular weight is 150 g/mol. The normalized spacial score (nSPS) is 10.5. The Morgan fingerprint density at radius 1 is 1.27 bits per heavy atom. The quantitative estimate of drug-likeness (QED) is 0.651. The summed E-state index contributed by atoms with van der Waals surface area (Å²) in [7, 11) is 3.14. The van der Waals surface area contributed by atoms with Crippen LogP contribution in [0.2, 0.25) is 0 Å². The Bertz CT molecular complexity index is 192. The molecule has 0 fully saturated rings. The first-order chi connectivity index (χ1) is 5.38. The van der Waals surface area contributed by atoms with Gasteiger partial charge in [-0.1, -0.05) is 24.3 Å². The topological polar surface area (TPSA) is 18.5 Å². The van der Waals surface area contributed by atoms with Crippen molar-refractivity contribution in [3.05, 3.63) is 42.2 Å². The zero-order chi connectivity index (χ0) is 8.10. The first-order valence-corrected chi connectivity index (χ1v) is 3.30. The Hall–Kier alpha value is -0.860. The van der Waals surface area contributed by atoms with E-state index in [1.54, 1.807) is 14.2 Å². The van der Waals surface area contributed by atoms with Gasteiger partial charge in [0.05, 0.1) is 0 Å². The maximum absolute atomic E-state index is 4.95. The summed E-state index contributed by atoms with van der Waals surface area (Å²) >= 11 is 0. The predicted molar refractivity (Wildman–Crippen MR) is 41.6 cm³/mol. The van der Waals surface area contributed by atoms with Gasteiger partial charge in [-0.05, 0) is 6.07 Å². The van der Waals surface area contributed by atoms with Crippen molar-refractivity contribution in [3.63, 3.8) is 0 Å². The van der Waals surface area contributed by atoms with E-state index in [9.17, 15) is 0 Å². The molecule has 2 heteroatoms. The van der Waals surface area contributed by atoms with E-state index in [1.165, 1.54) is 0 Å². The summed E-state index contributed by atoms with van der Waals surface area (Å²) in [6.07, 6.45) is 0.491. The molecule has 2 radical (unpaired) electrons. The maximum Gasteiger partial charge on any atom is 0.256 e. The van der Waals surface area contributed by atoms with Gasteiger partial charge in [-0.3, -0.25) is 0 Å². The molecular formula is C9H10O2. The van der Waals surface area contributed by atoms with Crippen molar-refractivity contribution in [2.24, 2.45) is 0 Å². The van der Waals surface area contributed by atoms with Gasteiger partial charge in [-0.2, -0.15) is 0 Å². The summed E-state index contributed by atoms with van der Waals surface area (Å²) in [5.41, 5.74) is 0.831. The van der Waals surface area contributed by atoms with Gasteiger partial charge in [0.1, 0.15) is 0 Å². The predicted octanol–water partition coefficient (Wildman–Crippen LogP) is 1.62. The molecule has 58 valence electrons. The highest BCUT2D eigenvalue weighted by atomic mass is 16.7. The molecule has 0 saturated carbocycles. The zero-order valence-corrected chi connectivity index (χ0v) is 6.63. The second-order valence-electron chi connectivity index (χ2n) is 1.97. The third-order valence-corrected chi connectivity index (χ3v) is 1.30. The molecule has 11 heavy (non-hydrogen) atoms. The molecule has 0 unspecified atom stereocenters. The Kier molecular flexibility index (Phi) is 3.08. The van der Waals surface area contributed by atoms with E-state index in [1.807, 2.05) is 24.3 Å². The zero-order valence-electron chi connectivity index (χ0n) is 6.63. The van der Waals surface area contributed by atoms with Gasteiger partial charge in [0.25, 0.3) is 6.29 Å². The Labute approximate surface area is 66.8 Å². The summed E-state index contributed by atoms with van der Waals surface area (Å²) in [5.74, 6) is 0. The van der Waals surface area contributed by atoms with Crippen LogP contribution in [0.4, 0.5) is 0 Å². The van der Waals surface area contributed by atoms with Crippen molar-refractivity contribution in [2.45, 2.75) is 0 Å². The number of hydrogen-bond acceptors (Lipinski definition) is 2. The highest BCUT2D eigenvalue weighted by molar-refractivity contribution is 5.22. The van der Waals surface area contributed by atoms with E-state index < -0.39 is 0 Å². The molecule has 0 atom stereocenters. The summed E-state index contributed by atoms with van der Waals surface area (Å²) in [4.78, 5) is 0. The lowest BCUT2D eigenvalue weighted by molar-refractivity contribution is 0.0268. The van der Waals surface area contributed by atoms with Gasteiger partial charge in [0.2, 0.25) is 0 Å². The van der Waals surface area contributed by atoms with E-state index in [0.29, 0.717) is 6.29 Å². The van der Waals surface area contributed by atoms with Crippen molar-refractivity contribution in [1.82, 2.24) is 0 Å². The lowest BCUT2D eigenvalue weighted by Gasteiger charge is -2.09. The summed E-state index contributed by atoms with van der Waals surface area (Å²) in [6.45, 7) is 0. The Morgan fingerprint density at radius 3 is 2.45 bits per heavy atom. The van der Waals surface area contributed by atoms with Crippen LogP contribution in [-0.2, 0) is 9.47 Å². The molecule has 0 N–H and O–H groups in total. The first-order valence-electron chi connectivity index (χ1n) is 3.30.